The molecule has 27 heavy (non-hydrogen) atoms. The van der Waals surface area contributed by atoms with Gasteiger partial charge in [-0.1, -0.05) is 23.2 Å². The Bertz CT molecular complexity index is 1040. The Morgan fingerprint density at radius 2 is 2.04 bits per heavy atom. The monoisotopic (exact) mass is 403 g/mol. The minimum absolute atomic E-state index is 0.289. The molecule has 0 saturated carbocycles. The number of ether oxygens (including phenoxy) is 1. The number of fused-ring (bicyclic) bond motifs is 1. The third-order valence-electron chi connectivity index (χ3n) is 4.13. The summed E-state index contributed by atoms with van der Waals surface area (Å²) in [5.74, 6) is 0.383. The third-order valence-corrected chi connectivity index (χ3v) is 4.68. The minimum Gasteiger partial charge on any atom is -0.493 e. The van der Waals surface area contributed by atoms with E-state index in [2.05, 4.69) is 5.32 Å². The number of hydrogen-bond acceptors (Lipinski definition) is 3. The fourth-order valence-corrected chi connectivity index (χ4v) is 3.26. The molecule has 1 amide bonds. The summed E-state index contributed by atoms with van der Waals surface area (Å²) in [6.07, 6.45) is 3.22. The van der Waals surface area contributed by atoms with Gasteiger partial charge in [-0.05, 0) is 56.2 Å². The van der Waals surface area contributed by atoms with Crippen LogP contribution in [-0.4, -0.2) is 12.5 Å². The summed E-state index contributed by atoms with van der Waals surface area (Å²) in [7, 11) is 0. The molecule has 6 heteroatoms. The van der Waals surface area contributed by atoms with Crippen molar-refractivity contribution in [3.63, 3.8) is 0 Å². The standard InChI is InChI=1S/C21H19Cl2NO3/c1-4-26-19-10-20-16(13(3)11-27-20)9-15(19)12(2)7-21(25)24-18-6-5-14(22)8-17(18)23/h5-11H,4H2,1-3H3,(H,24,25)/b12-7+. The Morgan fingerprint density at radius 1 is 1.26 bits per heavy atom. The van der Waals surface area contributed by atoms with Crippen molar-refractivity contribution in [3.8, 4) is 5.75 Å². The van der Waals surface area contributed by atoms with Crippen molar-refractivity contribution in [1.82, 2.24) is 0 Å². The lowest BCUT2D eigenvalue weighted by molar-refractivity contribution is -0.111. The van der Waals surface area contributed by atoms with Crippen LogP contribution < -0.4 is 10.1 Å². The molecule has 0 atom stereocenters. The highest BCUT2D eigenvalue weighted by atomic mass is 35.5. The molecule has 2 aromatic carbocycles. The summed E-state index contributed by atoms with van der Waals surface area (Å²) in [6.45, 7) is 6.26. The summed E-state index contributed by atoms with van der Waals surface area (Å²) in [5, 5.41) is 4.65. The molecule has 140 valence electrons. The number of amides is 1. The average Bonchev–Trinajstić information content (AvgIpc) is 2.97. The van der Waals surface area contributed by atoms with E-state index >= 15 is 0 Å². The molecule has 0 aliphatic heterocycles. The number of halogens is 2. The first-order valence-corrected chi connectivity index (χ1v) is 9.24. The quantitative estimate of drug-likeness (QED) is 0.495. The van der Waals surface area contributed by atoms with Gasteiger partial charge in [0.15, 0.2) is 0 Å². The first-order valence-electron chi connectivity index (χ1n) is 8.48. The van der Waals surface area contributed by atoms with Gasteiger partial charge in [-0.25, -0.2) is 0 Å². The predicted molar refractivity (Wildman–Crippen MR) is 111 cm³/mol. The molecule has 0 radical (unpaired) electrons. The number of anilines is 1. The van der Waals surface area contributed by atoms with Crippen molar-refractivity contribution >= 4 is 51.3 Å². The molecule has 3 aromatic rings. The van der Waals surface area contributed by atoms with Gasteiger partial charge in [-0.3, -0.25) is 4.79 Å². The van der Waals surface area contributed by atoms with Gasteiger partial charge < -0.3 is 14.5 Å². The molecule has 1 heterocycles. The summed E-state index contributed by atoms with van der Waals surface area (Å²) in [5.41, 5.74) is 3.89. The molecule has 0 aliphatic rings. The molecule has 1 aromatic heterocycles. The van der Waals surface area contributed by atoms with E-state index in [0.29, 0.717) is 28.1 Å². The van der Waals surface area contributed by atoms with E-state index in [1.54, 1.807) is 24.5 Å². The number of hydrogen-bond donors (Lipinski definition) is 1. The van der Waals surface area contributed by atoms with Crippen LogP contribution >= 0.6 is 23.2 Å². The van der Waals surface area contributed by atoms with Gasteiger partial charge in [0.2, 0.25) is 5.91 Å². The maximum atomic E-state index is 12.4. The number of nitrogens with one attached hydrogen (secondary N) is 1. The van der Waals surface area contributed by atoms with E-state index in [0.717, 1.165) is 27.7 Å². The number of carbonyl (C=O) groups is 1. The largest absolute Gasteiger partial charge is 0.493 e. The molecule has 3 rings (SSSR count). The number of furan rings is 1. The summed E-state index contributed by atoms with van der Waals surface area (Å²) in [4.78, 5) is 12.4. The zero-order valence-corrected chi connectivity index (χ0v) is 16.7. The highest BCUT2D eigenvalue weighted by Crippen LogP contribution is 2.33. The molecule has 0 aliphatic carbocycles. The number of aryl methyl sites for hydroxylation is 1. The molecule has 0 saturated heterocycles. The summed E-state index contributed by atoms with van der Waals surface area (Å²) >= 11 is 12.0. The van der Waals surface area contributed by atoms with Crippen LogP contribution in [0.15, 0.2) is 47.1 Å². The fraction of sp³-hybridized carbons (Fsp3) is 0.190. The Labute approximate surface area is 167 Å². The second-order valence-electron chi connectivity index (χ2n) is 6.14. The summed E-state index contributed by atoms with van der Waals surface area (Å²) in [6, 6.07) is 8.75. The molecule has 0 fully saturated rings. The predicted octanol–water partition coefficient (Wildman–Crippen LogP) is 6.49. The lowest BCUT2D eigenvalue weighted by Gasteiger charge is -2.12. The van der Waals surface area contributed by atoms with E-state index in [1.807, 2.05) is 32.9 Å². The van der Waals surface area contributed by atoms with Crippen molar-refractivity contribution in [2.45, 2.75) is 20.8 Å². The SMILES string of the molecule is CCOc1cc2occ(C)c2cc1/C(C)=C/C(=O)Nc1ccc(Cl)cc1Cl. The Hall–Kier alpha value is -2.43. The van der Waals surface area contributed by atoms with E-state index in [4.69, 9.17) is 32.4 Å². The molecule has 0 spiro atoms. The molecule has 4 nitrogen and oxygen atoms in total. The van der Waals surface area contributed by atoms with Crippen molar-refractivity contribution in [3.05, 3.63) is 63.8 Å². The lowest BCUT2D eigenvalue weighted by Crippen LogP contribution is -2.09. The van der Waals surface area contributed by atoms with Gasteiger partial charge in [-0.15, -0.1) is 0 Å². The Morgan fingerprint density at radius 3 is 2.74 bits per heavy atom. The van der Waals surface area contributed by atoms with Gasteiger partial charge >= 0.3 is 0 Å². The highest BCUT2D eigenvalue weighted by Gasteiger charge is 2.13. The maximum Gasteiger partial charge on any atom is 0.248 e. The van der Waals surface area contributed by atoms with Crippen LogP contribution in [-0.2, 0) is 4.79 Å². The van der Waals surface area contributed by atoms with Gasteiger partial charge in [0.1, 0.15) is 11.3 Å². The first-order chi connectivity index (χ1) is 12.9. The van der Waals surface area contributed by atoms with Crippen LogP contribution in [0.25, 0.3) is 16.5 Å². The van der Waals surface area contributed by atoms with Crippen LogP contribution in [0.4, 0.5) is 5.69 Å². The van der Waals surface area contributed by atoms with Crippen molar-refractivity contribution in [1.29, 1.82) is 0 Å². The van der Waals surface area contributed by atoms with Crippen molar-refractivity contribution < 1.29 is 13.9 Å². The first kappa shape index (κ1) is 19.3. The zero-order valence-electron chi connectivity index (χ0n) is 15.2. The normalized spacial score (nSPS) is 11.7. The van der Waals surface area contributed by atoms with Gasteiger partial charge in [0.25, 0.3) is 0 Å². The van der Waals surface area contributed by atoms with Gasteiger partial charge in [0.05, 0.1) is 23.6 Å². The second kappa shape index (κ2) is 8.07. The average molecular weight is 404 g/mol. The number of rotatable bonds is 5. The van der Waals surface area contributed by atoms with Crippen molar-refractivity contribution in [2.75, 3.05) is 11.9 Å². The lowest BCUT2D eigenvalue weighted by atomic mass is 10.0. The zero-order chi connectivity index (χ0) is 19.6. The maximum absolute atomic E-state index is 12.4. The molecule has 1 N–H and O–H groups in total. The topological polar surface area (TPSA) is 51.5 Å². The van der Waals surface area contributed by atoms with Crippen LogP contribution in [0.2, 0.25) is 10.0 Å². The number of benzene rings is 2. The summed E-state index contributed by atoms with van der Waals surface area (Å²) < 4.78 is 11.3. The molecule has 0 bridgehead atoms. The van der Waals surface area contributed by atoms with Crippen LogP contribution in [0.5, 0.6) is 5.75 Å². The molecular weight excluding hydrogens is 385 g/mol. The van der Waals surface area contributed by atoms with E-state index in [-0.39, 0.29) is 5.91 Å². The Kier molecular flexibility index (Phi) is 5.78. The fourth-order valence-electron chi connectivity index (χ4n) is 2.80. The minimum atomic E-state index is -0.289. The van der Waals surface area contributed by atoms with Gasteiger partial charge in [-0.2, -0.15) is 0 Å². The second-order valence-corrected chi connectivity index (χ2v) is 6.98. The molecule has 0 unspecified atom stereocenters. The van der Waals surface area contributed by atoms with Crippen molar-refractivity contribution in [2.24, 2.45) is 0 Å². The highest BCUT2D eigenvalue weighted by molar-refractivity contribution is 6.36. The third kappa shape index (κ3) is 4.29. The number of allylic oxidation sites excluding steroid dienone is 1. The van der Waals surface area contributed by atoms with Crippen LogP contribution in [0.1, 0.15) is 25.0 Å². The van der Waals surface area contributed by atoms with E-state index < -0.39 is 0 Å². The number of carbonyl (C=O) groups excluding carboxylic acids is 1. The van der Waals surface area contributed by atoms with Gasteiger partial charge in [0, 0.05) is 28.1 Å². The van der Waals surface area contributed by atoms with E-state index in [1.165, 1.54) is 6.08 Å². The van der Waals surface area contributed by atoms with Crippen LogP contribution in [0.3, 0.4) is 0 Å². The van der Waals surface area contributed by atoms with E-state index in [9.17, 15) is 4.79 Å². The van der Waals surface area contributed by atoms with Crippen LogP contribution in [0, 0.1) is 6.92 Å². The molecular formula is C21H19Cl2NO3. The Balaban J connectivity index is 1.93. The smallest absolute Gasteiger partial charge is 0.248 e.